The lowest BCUT2D eigenvalue weighted by molar-refractivity contribution is -0.384. The first-order valence-corrected chi connectivity index (χ1v) is 7.35. The molecule has 0 saturated carbocycles. The minimum atomic E-state index is -0.429. The zero-order valence-corrected chi connectivity index (χ0v) is 13.0. The molecule has 7 nitrogen and oxygen atoms in total. The molecule has 7 heteroatoms. The summed E-state index contributed by atoms with van der Waals surface area (Å²) in [5.41, 5.74) is 2.49. The van der Waals surface area contributed by atoms with E-state index in [2.05, 4.69) is 20.3 Å². The summed E-state index contributed by atoms with van der Waals surface area (Å²) in [5.74, 6) is 1.12. The van der Waals surface area contributed by atoms with E-state index in [1.165, 1.54) is 12.1 Å². The first-order chi connectivity index (χ1) is 11.6. The first-order valence-electron chi connectivity index (χ1n) is 7.35. The Bertz CT molecular complexity index is 868. The summed E-state index contributed by atoms with van der Waals surface area (Å²) < 4.78 is 0. The summed E-state index contributed by atoms with van der Waals surface area (Å²) in [6.07, 6.45) is 3.47. The van der Waals surface area contributed by atoms with Crippen molar-refractivity contribution in [1.82, 2.24) is 15.0 Å². The van der Waals surface area contributed by atoms with Crippen molar-refractivity contribution in [2.45, 2.75) is 13.5 Å². The molecule has 0 fully saturated rings. The minimum Gasteiger partial charge on any atom is -0.366 e. The molecule has 1 N–H and O–H groups in total. The van der Waals surface area contributed by atoms with E-state index in [9.17, 15) is 10.1 Å². The van der Waals surface area contributed by atoms with Gasteiger partial charge in [0.2, 0.25) is 0 Å². The molecule has 3 aromatic rings. The Morgan fingerprint density at radius 1 is 1.12 bits per heavy atom. The minimum absolute atomic E-state index is 0.0175. The van der Waals surface area contributed by atoms with Gasteiger partial charge in [-0.25, -0.2) is 9.97 Å². The van der Waals surface area contributed by atoms with E-state index in [0.717, 1.165) is 11.3 Å². The molecule has 0 radical (unpaired) electrons. The standard InChI is InChI=1S/C17H15N5O2/c1-12-9-16(19-11-13-5-7-18-8-6-13)21-17(20-12)14-3-2-4-15(10-14)22(23)24/h2-10H,11H2,1H3,(H,19,20,21). The normalized spacial score (nSPS) is 10.4. The highest BCUT2D eigenvalue weighted by Gasteiger charge is 2.10. The fourth-order valence-electron chi connectivity index (χ4n) is 2.24. The largest absolute Gasteiger partial charge is 0.366 e. The van der Waals surface area contributed by atoms with E-state index >= 15 is 0 Å². The highest BCUT2D eigenvalue weighted by Crippen LogP contribution is 2.22. The topological polar surface area (TPSA) is 93.8 Å². The average molecular weight is 321 g/mol. The number of nitro groups is 1. The molecular formula is C17H15N5O2. The Balaban J connectivity index is 1.86. The van der Waals surface area contributed by atoms with Gasteiger partial charge < -0.3 is 5.32 Å². The van der Waals surface area contributed by atoms with Crippen molar-refractivity contribution in [2.75, 3.05) is 5.32 Å². The number of hydrogen-bond acceptors (Lipinski definition) is 6. The molecule has 2 heterocycles. The zero-order valence-electron chi connectivity index (χ0n) is 13.0. The molecule has 3 rings (SSSR count). The van der Waals surface area contributed by atoms with E-state index < -0.39 is 4.92 Å². The van der Waals surface area contributed by atoms with Crippen LogP contribution in [0.2, 0.25) is 0 Å². The molecule has 0 aliphatic heterocycles. The molecule has 0 spiro atoms. The van der Waals surface area contributed by atoms with Crippen molar-refractivity contribution in [3.63, 3.8) is 0 Å². The zero-order chi connectivity index (χ0) is 16.9. The summed E-state index contributed by atoms with van der Waals surface area (Å²) in [4.78, 5) is 23.3. The highest BCUT2D eigenvalue weighted by atomic mass is 16.6. The van der Waals surface area contributed by atoms with Crippen molar-refractivity contribution in [3.8, 4) is 11.4 Å². The van der Waals surface area contributed by atoms with E-state index in [0.29, 0.717) is 23.8 Å². The molecule has 2 aromatic heterocycles. The number of rotatable bonds is 5. The van der Waals surface area contributed by atoms with Gasteiger partial charge in [-0.2, -0.15) is 0 Å². The van der Waals surface area contributed by atoms with Crippen LogP contribution in [0.5, 0.6) is 0 Å². The second-order valence-corrected chi connectivity index (χ2v) is 5.23. The van der Waals surface area contributed by atoms with Crippen molar-refractivity contribution in [2.24, 2.45) is 0 Å². The van der Waals surface area contributed by atoms with E-state index in [1.54, 1.807) is 24.5 Å². The third-order valence-corrected chi connectivity index (χ3v) is 3.39. The number of nitro benzene ring substituents is 1. The van der Waals surface area contributed by atoms with Crippen LogP contribution in [0.15, 0.2) is 54.9 Å². The lowest BCUT2D eigenvalue weighted by Crippen LogP contribution is -2.04. The summed E-state index contributed by atoms with van der Waals surface area (Å²) in [6, 6.07) is 12.0. The fraction of sp³-hybridized carbons (Fsp3) is 0.118. The third kappa shape index (κ3) is 3.70. The van der Waals surface area contributed by atoms with Crippen molar-refractivity contribution in [1.29, 1.82) is 0 Å². The van der Waals surface area contributed by atoms with Gasteiger partial charge in [0.05, 0.1) is 4.92 Å². The summed E-state index contributed by atoms with van der Waals surface area (Å²) in [6.45, 7) is 2.47. The number of benzene rings is 1. The number of aryl methyl sites for hydroxylation is 1. The maximum absolute atomic E-state index is 10.9. The lowest BCUT2D eigenvalue weighted by atomic mass is 10.2. The van der Waals surface area contributed by atoms with E-state index in [1.807, 2.05) is 25.1 Å². The Kier molecular flexibility index (Phi) is 4.42. The van der Waals surface area contributed by atoms with Crippen LogP contribution >= 0.6 is 0 Å². The van der Waals surface area contributed by atoms with Gasteiger partial charge in [0.25, 0.3) is 5.69 Å². The first kappa shape index (κ1) is 15.5. The van der Waals surface area contributed by atoms with Crippen LogP contribution in [0.4, 0.5) is 11.5 Å². The Morgan fingerprint density at radius 3 is 2.67 bits per heavy atom. The maximum atomic E-state index is 10.9. The molecule has 0 unspecified atom stereocenters. The van der Waals surface area contributed by atoms with E-state index in [4.69, 9.17) is 0 Å². The van der Waals surface area contributed by atoms with Crippen molar-refractivity contribution >= 4 is 11.5 Å². The third-order valence-electron chi connectivity index (χ3n) is 3.39. The Morgan fingerprint density at radius 2 is 1.92 bits per heavy atom. The highest BCUT2D eigenvalue weighted by molar-refractivity contribution is 5.61. The van der Waals surface area contributed by atoms with Gasteiger partial charge in [0.1, 0.15) is 5.82 Å². The van der Waals surface area contributed by atoms with Gasteiger partial charge in [-0.05, 0) is 24.6 Å². The summed E-state index contributed by atoms with van der Waals surface area (Å²) >= 11 is 0. The van der Waals surface area contributed by atoms with E-state index in [-0.39, 0.29) is 5.69 Å². The molecule has 0 aliphatic carbocycles. The number of aromatic nitrogens is 3. The quantitative estimate of drug-likeness (QED) is 0.572. The van der Waals surface area contributed by atoms with Gasteiger partial charge >= 0.3 is 0 Å². The number of anilines is 1. The van der Waals surface area contributed by atoms with Crippen molar-refractivity contribution in [3.05, 3.63) is 76.2 Å². The van der Waals surface area contributed by atoms with Crippen LogP contribution in [0.25, 0.3) is 11.4 Å². The van der Waals surface area contributed by atoms with Gasteiger partial charge in [0.15, 0.2) is 5.82 Å². The number of hydrogen-bond donors (Lipinski definition) is 1. The molecule has 24 heavy (non-hydrogen) atoms. The van der Waals surface area contributed by atoms with Gasteiger partial charge in [-0.1, -0.05) is 12.1 Å². The molecule has 0 saturated heterocycles. The second-order valence-electron chi connectivity index (χ2n) is 5.23. The summed E-state index contributed by atoms with van der Waals surface area (Å²) in [5, 5.41) is 14.2. The Hall–Kier alpha value is -3.35. The molecule has 1 aromatic carbocycles. The van der Waals surface area contributed by atoms with Crippen LogP contribution in [0, 0.1) is 17.0 Å². The second kappa shape index (κ2) is 6.82. The lowest BCUT2D eigenvalue weighted by Gasteiger charge is -2.09. The monoisotopic (exact) mass is 321 g/mol. The molecule has 120 valence electrons. The molecule has 0 aliphatic rings. The number of nitrogens with zero attached hydrogens (tertiary/aromatic N) is 4. The molecule has 0 atom stereocenters. The van der Waals surface area contributed by atoms with Crippen LogP contribution in [-0.4, -0.2) is 19.9 Å². The number of pyridine rings is 1. The Labute approximate surface area is 138 Å². The van der Waals surface area contributed by atoms with Gasteiger partial charge in [-0.15, -0.1) is 0 Å². The number of non-ortho nitro benzene ring substituents is 1. The smallest absolute Gasteiger partial charge is 0.270 e. The molecule has 0 bridgehead atoms. The predicted molar refractivity (Wildman–Crippen MR) is 90.4 cm³/mol. The van der Waals surface area contributed by atoms with Gasteiger partial charge in [0, 0.05) is 48.4 Å². The van der Waals surface area contributed by atoms with Gasteiger partial charge in [-0.3, -0.25) is 15.1 Å². The fourth-order valence-corrected chi connectivity index (χ4v) is 2.24. The number of nitrogens with one attached hydrogen (secondary N) is 1. The molecule has 0 amide bonds. The summed E-state index contributed by atoms with van der Waals surface area (Å²) in [7, 11) is 0. The average Bonchev–Trinajstić information content (AvgIpc) is 2.60. The van der Waals surface area contributed by atoms with Crippen molar-refractivity contribution < 1.29 is 4.92 Å². The van der Waals surface area contributed by atoms with Crippen LogP contribution in [0.1, 0.15) is 11.3 Å². The van der Waals surface area contributed by atoms with Crippen LogP contribution < -0.4 is 5.32 Å². The maximum Gasteiger partial charge on any atom is 0.270 e. The SMILES string of the molecule is Cc1cc(NCc2ccncc2)nc(-c2cccc([N+](=O)[O-])c2)n1. The van der Waals surface area contributed by atoms with Crippen LogP contribution in [0.3, 0.4) is 0 Å². The van der Waals surface area contributed by atoms with Crippen LogP contribution in [-0.2, 0) is 6.54 Å². The molecular weight excluding hydrogens is 306 g/mol. The predicted octanol–water partition coefficient (Wildman–Crippen LogP) is 3.37.